The lowest BCUT2D eigenvalue weighted by atomic mass is 9.84. The van der Waals surface area contributed by atoms with Crippen LogP contribution in [-0.4, -0.2) is 36.6 Å². The van der Waals surface area contributed by atoms with Crippen molar-refractivity contribution < 1.29 is 0 Å². The number of hydrogen-bond acceptors (Lipinski definition) is 2. The van der Waals surface area contributed by atoms with E-state index in [1.165, 1.54) is 45.3 Å². The van der Waals surface area contributed by atoms with Gasteiger partial charge < -0.3 is 5.32 Å². The molecule has 0 aromatic heterocycles. The van der Waals surface area contributed by atoms with Crippen LogP contribution in [0.3, 0.4) is 0 Å². The molecule has 0 aromatic carbocycles. The fraction of sp³-hybridized carbons (Fsp3) is 1.00. The Bertz CT molecular complexity index is 238. The van der Waals surface area contributed by atoms with Crippen molar-refractivity contribution in [3.8, 4) is 0 Å². The first kappa shape index (κ1) is 13.4. The summed E-state index contributed by atoms with van der Waals surface area (Å²) in [5, 5.41) is 3.69. The van der Waals surface area contributed by atoms with E-state index in [1.54, 1.807) is 0 Å². The molecule has 2 fully saturated rings. The van der Waals surface area contributed by atoms with Gasteiger partial charge in [0.1, 0.15) is 0 Å². The highest BCUT2D eigenvalue weighted by molar-refractivity contribution is 4.90. The maximum absolute atomic E-state index is 3.69. The SMILES string of the molecule is CC(C1CCCC1)N1CCNC(C(C)(C)C)C1. The minimum atomic E-state index is 0.383. The van der Waals surface area contributed by atoms with Gasteiger partial charge in [0, 0.05) is 31.7 Å². The molecule has 0 spiro atoms. The van der Waals surface area contributed by atoms with E-state index in [0.717, 1.165) is 12.0 Å². The topological polar surface area (TPSA) is 15.3 Å². The van der Waals surface area contributed by atoms with Crippen molar-refractivity contribution in [3.63, 3.8) is 0 Å². The van der Waals surface area contributed by atoms with E-state index >= 15 is 0 Å². The number of hydrogen-bond donors (Lipinski definition) is 1. The number of piperazine rings is 1. The first-order valence-corrected chi connectivity index (χ1v) is 7.46. The van der Waals surface area contributed by atoms with Gasteiger partial charge in [-0.05, 0) is 31.1 Å². The Labute approximate surface area is 107 Å². The normalized spacial score (nSPS) is 30.7. The minimum absolute atomic E-state index is 0.383. The minimum Gasteiger partial charge on any atom is -0.311 e. The van der Waals surface area contributed by atoms with Gasteiger partial charge in [-0.25, -0.2) is 0 Å². The van der Waals surface area contributed by atoms with Gasteiger partial charge in [-0.15, -0.1) is 0 Å². The fourth-order valence-corrected chi connectivity index (χ4v) is 3.46. The molecule has 0 aromatic rings. The van der Waals surface area contributed by atoms with Crippen LogP contribution >= 0.6 is 0 Å². The van der Waals surface area contributed by atoms with Gasteiger partial charge in [0.2, 0.25) is 0 Å². The van der Waals surface area contributed by atoms with Crippen molar-refractivity contribution in [2.75, 3.05) is 19.6 Å². The van der Waals surface area contributed by atoms with Crippen molar-refractivity contribution in [1.82, 2.24) is 10.2 Å². The molecule has 2 nitrogen and oxygen atoms in total. The quantitative estimate of drug-likeness (QED) is 0.796. The third-order valence-electron chi connectivity index (χ3n) is 4.91. The molecule has 0 amide bonds. The van der Waals surface area contributed by atoms with Gasteiger partial charge in [-0.1, -0.05) is 33.6 Å². The molecule has 2 rings (SSSR count). The third-order valence-corrected chi connectivity index (χ3v) is 4.91. The van der Waals surface area contributed by atoms with Crippen LogP contribution in [0, 0.1) is 11.3 Å². The summed E-state index contributed by atoms with van der Waals surface area (Å²) in [6.07, 6.45) is 5.85. The number of nitrogens with one attached hydrogen (secondary N) is 1. The standard InChI is InChI=1S/C15H30N2/c1-12(13-7-5-6-8-13)17-10-9-16-14(11-17)15(2,3)4/h12-14,16H,5-11H2,1-4H3. The van der Waals surface area contributed by atoms with Gasteiger partial charge in [0.05, 0.1) is 0 Å². The zero-order valence-corrected chi connectivity index (χ0v) is 12.1. The van der Waals surface area contributed by atoms with Crippen molar-refractivity contribution >= 4 is 0 Å². The molecule has 0 bridgehead atoms. The molecule has 17 heavy (non-hydrogen) atoms. The van der Waals surface area contributed by atoms with Crippen molar-refractivity contribution in [2.24, 2.45) is 11.3 Å². The van der Waals surface area contributed by atoms with Crippen LogP contribution in [0.25, 0.3) is 0 Å². The van der Waals surface area contributed by atoms with Gasteiger partial charge in [0.25, 0.3) is 0 Å². The second kappa shape index (κ2) is 5.27. The summed E-state index contributed by atoms with van der Waals surface area (Å²) in [5.41, 5.74) is 0.383. The van der Waals surface area contributed by atoms with E-state index in [1.807, 2.05) is 0 Å². The predicted octanol–water partition coefficient (Wildman–Crippen LogP) is 2.89. The number of rotatable bonds is 2. The Morgan fingerprint density at radius 1 is 1.18 bits per heavy atom. The average molecular weight is 238 g/mol. The Balaban J connectivity index is 1.92. The predicted molar refractivity (Wildman–Crippen MR) is 74.2 cm³/mol. The molecule has 0 radical (unpaired) electrons. The maximum Gasteiger partial charge on any atom is 0.0244 e. The zero-order chi connectivity index (χ0) is 12.5. The Morgan fingerprint density at radius 3 is 2.41 bits per heavy atom. The molecule has 1 aliphatic heterocycles. The Morgan fingerprint density at radius 2 is 1.82 bits per heavy atom. The summed E-state index contributed by atoms with van der Waals surface area (Å²) in [5.74, 6) is 0.966. The molecule has 2 heteroatoms. The lowest BCUT2D eigenvalue weighted by Crippen LogP contribution is -2.58. The first-order chi connectivity index (χ1) is 7.98. The molecule has 2 atom stereocenters. The van der Waals surface area contributed by atoms with Crippen LogP contribution in [0.4, 0.5) is 0 Å². The zero-order valence-electron chi connectivity index (χ0n) is 12.1. The third kappa shape index (κ3) is 3.23. The molecule has 1 saturated heterocycles. The second-order valence-corrected chi connectivity index (χ2v) is 7.15. The molecule has 2 aliphatic rings. The number of nitrogens with zero attached hydrogens (tertiary/aromatic N) is 1. The van der Waals surface area contributed by atoms with Crippen LogP contribution in [0.1, 0.15) is 53.4 Å². The van der Waals surface area contributed by atoms with Crippen LogP contribution in [0.15, 0.2) is 0 Å². The van der Waals surface area contributed by atoms with Gasteiger partial charge >= 0.3 is 0 Å². The van der Waals surface area contributed by atoms with E-state index in [-0.39, 0.29) is 0 Å². The van der Waals surface area contributed by atoms with E-state index < -0.39 is 0 Å². The lowest BCUT2D eigenvalue weighted by molar-refractivity contribution is 0.0796. The summed E-state index contributed by atoms with van der Waals surface area (Å²) < 4.78 is 0. The molecule has 1 saturated carbocycles. The summed E-state index contributed by atoms with van der Waals surface area (Å²) in [4.78, 5) is 2.74. The monoisotopic (exact) mass is 238 g/mol. The van der Waals surface area contributed by atoms with Gasteiger partial charge in [-0.2, -0.15) is 0 Å². The highest BCUT2D eigenvalue weighted by atomic mass is 15.2. The molecule has 100 valence electrons. The molecule has 1 aliphatic carbocycles. The van der Waals surface area contributed by atoms with Crippen LogP contribution in [0.5, 0.6) is 0 Å². The largest absolute Gasteiger partial charge is 0.311 e. The molecule has 1 heterocycles. The van der Waals surface area contributed by atoms with Gasteiger partial charge in [0.15, 0.2) is 0 Å². The van der Waals surface area contributed by atoms with E-state index in [9.17, 15) is 0 Å². The first-order valence-electron chi connectivity index (χ1n) is 7.46. The van der Waals surface area contributed by atoms with E-state index in [4.69, 9.17) is 0 Å². The van der Waals surface area contributed by atoms with Crippen molar-refractivity contribution in [2.45, 2.75) is 65.5 Å². The van der Waals surface area contributed by atoms with Crippen LogP contribution in [-0.2, 0) is 0 Å². The Hall–Kier alpha value is -0.0800. The second-order valence-electron chi connectivity index (χ2n) is 7.15. The fourth-order valence-electron chi connectivity index (χ4n) is 3.46. The summed E-state index contributed by atoms with van der Waals surface area (Å²) >= 11 is 0. The summed E-state index contributed by atoms with van der Waals surface area (Å²) in [6, 6.07) is 1.45. The van der Waals surface area contributed by atoms with E-state index in [0.29, 0.717) is 11.5 Å². The lowest BCUT2D eigenvalue weighted by Gasteiger charge is -2.44. The average Bonchev–Trinajstić information content (AvgIpc) is 2.80. The summed E-state index contributed by atoms with van der Waals surface area (Å²) in [6.45, 7) is 13.2. The van der Waals surface area contributed by atoms with Gasteiger partial charge in [-0.3, -0.25) is 4.90 Å². The van der Waals surface area contributed by atoms with E-state index in [2.05, 4.69) is 37.9 Å². The molecule has 1 N–H and O–H groups in total. The molecular formula is C15H30N2. The highest BCUT2D eigenvalue weighted by Crippen LogP contribution is 2.31. The summed E-state index contributed by atoms with van der Waals surface area (Å²) in [7, 11) is 0. The molecule has 2 unspecified atom stereocenters. The van der Waals surface area contributed by atoms with Crippen LogP contribution in [0.2, 0.25) is 0 Å². The van der Waals surface area contributed by atoms with Crippen molar-refractivity contribution in [1.29, 1.82) is 0 Å². The van der Waals surface area contributed by atoms with Crippen LogP contribution < -0.4 is 5.32 Å². The Kier molecular flexibility index (Phi) is 4.14. The highest BCUT2D eigenvalue weighted by Gasteiger charge is 2.33. The maximum atomic E-state index is 3.69. The van der Waals surface area contributed by atoms with Crippen molar-refractivity contribution in [3.05, 3.63) is 0 Å². The smallest absolute Gasteiger partial charge is 0.0244 e. The molecular weight excluding hydrogens is 208 g/mol.